The molecule has 20 heavy (non-hydrogen) atoms. The summed E-state index contributed by atoms with van der Waals surface area (Å²) in [5.74, 6) is 0.770. The van der Waals surface area contributed by atoms with Gasteiger partial charge in [-0.15, -0.1) is 0 Å². The van der Waals surface area contributed by atoms with Crippen molar-refractivity contribution in [1.82, 2.24) is 4.98 Å². The van der Waals surface area contributed by atoms with E-state index in [1.165, 1.54) is 0 Å². The molecular formula is C14H12BrN3OS. The monoisotopic (exact) mass is 349 g/mol. The van der Waals surface area contributed by atoms with Crippen molar-refractivity contribution in [1.29, 1.82) is 0 Å². The van der Waals surface area contributed by atoms with Gasteiger partial charge in [-0.25, -0.2) is 4.98 Å². The lowest BCUT2D eigenvalue weighted by Gasteiger charge is -2.09. The molecule has 0 amide bonds. The lowest BCUT2D eigenvalue weighted by molar-refractivity contribution is 0.417. The van der Waals surface area contributed by atoms with Crippen LogP contribution in [0.3, 0.4) is 0 Å². The molecule has 0 aliphatic carbocycles. The average Bonchev–Trinajstić information content (AvgIpc) is 2.80. The maximum absolute atomic E-state index is 5.78. The summed E-state index contributed by atoms with van der Waals surface area (Å²) in [6.07, 6.45) is 0. The number of fused-ring (bicyclic) bond motifs is 1. The van der Waals surface area contributed by atoms with Gasteiger partial charge in [0.15, 0.2) is 5.13 Å². The quantitative estimate of drug-likeness (QED) is 0.688. The number of benzene rings is 2. The number of hydrogen-bond acceptors (Lipinski definition) is 5. The molecule has 0 spiro atoms. The van der Waals surface area contributed by atoms with Crippen molar-refractivity contribution in [3.63, 3.8) is 0 Å². The van der Waals surface area contributed by atoms with Gasteiger partial charge in [0.25, 0.3) is 0 Å². The molecule has 0 atom stereocenters. The zero-order valence-corrected chi connectivity index (χ0v) is 13.1. The van der Waals surface area contributed by atoms with Gasteiger partial charge in [-0.1, -0.05) is 27.3 Å². The van der Waals surface area contributed by atoms with Crippen molar-refractivity contribution < 1.29 is 4.74 Å². The Hall–Kier alpha value is -1.79. The highest BCUT2D eigenvalue weighted by atomic mass is 79.9. The number of nitrogen functional groups attached to an aromatic ring is 1. The van der Waals surface area contributed by atoms with Crippen LogP contribution in [0, 0.1) is 0 Å². The normalized spacial score (nSPS) is 10.7. The lowest BCUT2D eigenvalue weighted by Crippen LogP contribution is -1.93. The second-order valence-electron chi connectivity index (χ2n) is 4.22. The number of hydrogen-bond donors (Lipinski definition) is 2. The second kappa shape index (κ2) is 5.30. The molecule has 1 heterocycles. The third-order valence-electron chi connectivity index (χ3n) is 2.82. The minimum Gasteiger partial charge on any atom is -0.495 e. The van der Waals surface area contributed by atoms with Crippen LogP contribution in [0.5, 0.6) is 5.75 Å². The van der Waals surface area contributed by atoms with Gasteiger partial charge in [-0.2, -0.15) is 0 Å². The number of methoxy groups -OCH3 is 1. The van der Waals surface area contributed by atoms with Crippen molar-refractivity contribution in [3.05, 3.63) is 40.9 Å². The summed E-state index contributed by atoms with van der Waals surface area (Å²) in [4.78, 5) is 4.54. The first-order chi connectivity index (χ1) is 9.65. The van der Waals surface area contributed by atoms with Crippen LogP contribution < -0.4 is 15.8 Å². The van der Waals surface area contributed by atoms with E-state index in [0.717, 1.165) is 36.9 Å². The van der Waals surface area contributed by atoms with Crippen LogP contribution >= 0.6 is 27.3 Å². The third kappa shape index (κ3) is 2.57. The summed E-state index contributed by atoms with van der Waals surface area (Å²) in [6, 6.07) is 11.5. The Labute approximate surface area is 128 Å². The number of halogens is 1. The van der Waals surface area contributed by atoms with Crippen molar-refractivity contribution >= 4 is 54.0 Å². The first-order valence-corrected chi connectivity index (χ1v) is 7.53. The van der Waals surface area contributed by atoms with E-state index in [4.69, 9.17) is 10.5 Å². The molecule has 0 aliphatic rings. The maximum atomic E-state index is 5.78. The number of nitrogens with zero attached hydrogens (tertiary/aromatic N) is 1. The number of ether oxygens (including phenoxy) is 1. The molecule has 0 saturated heterocycles. The fraction of sp³-hybridized carbons (Fsp3) is 0.0714. The molecule has 102 valence electrons. The summed E-state index contributed by atoms with van der Waals surface area (Å²) >= 11 is 5.01. The highest BCUT2D eigenvalue weighted by Gasteiger charge is 2.08. The fourth-order valence-corrected chi connectivity index (χ4v) is 3.18. The molecule has 3 aromatic rings. The molecule has 0 aliphatic heterocycles. The Balaban J connectivity index is 1.98. The van der Waals surface area contributed by atoms with Gasteiger partial charge in [0.05, 0.1) is 23.0 Å². The Bertz CT molecular complexity index is 772. The third-order valence-corrected chi connectivity index (χ3v) is 4.24. The molecule has 3 rings (SSSR count). The van der Waals surface area contributed by atoms with Gasteiger partial charge < -0.3 is 15.8 Å². The number of aromatic nitrogens is 1. The molecule has 0 saturated carbocycles. The predicted octanol–water partition coefficient (Wildman–Crippen LogP) is 4.39. The molecular weight excluding hydrogens is 338 g/mol. The highest BCUT2D eigenvalue weighted by molar-refractivity contribution is 9.10. The lowest BCUT2D eigenvalue weighted by atomic mass is 10.3. The molecule has 2 aromatic carbocycles. The van der Waals surface area contributed by atoms with E-state index in [0.29, 0.717) is 0 Å². The Kier molecular flexibility index (Phi) is 3.50. The highest BCUT2D eigenvalue weighted by Crippen LogP contribution is 2.34. The summed E-state index contributed by atoms with van der Waals surface area (Å²) in [7, 11) is 1.65. The van der Waals surface area contributed by atoms with E-state index >= 15 is 0 Å². The van der Waals surface area contributed by atoms with Crippen LogP contribution in [0.15, 0.2) is 40.9 Å². The van der Waals surface area contributed by atoms with Gasteiger partial charge in [0.1, 0.15) is 5.75 Å². The Morgan fingerprint density at radius 3 is 2.90 bits per heavy atom. The molecule has 4 nitrogen and oxygen atoms in total. The minimum absolute atomic E-state index is 0.743. The standard InChI is InChI=1S/C14H12BrN3OS/c1-19-12-5-2-8(15)6-11(12)18-14-17-10-4-3-9(16)7-13(10)20-14/h2-7H,16H2,1H3,(H,17,18). The SMILES string of the molecule is COc1ccc(Br)cc1Nc1nc2ccc(N)cc2s1. The van der Waals surface area contributed by atoms with Crippen LogP contribution in [-0.4, -0.2) is 12.1 Å². The van der Waals surface area contributed by atoms with Crippen molar-refractivity contribution in [2.24, 2.45) is 0 Å². The molecule has 0 unspecified atom stereocenters. The summed E-state index contributed by atoms with van der Waals surface area (Å²) in [5.41, 5.74) is 8.33. The number of anilines is 3. The van der Waals surface area contributed by atoms with E-state index < -0.39 is 0 Å². The van der Waals surface area contributed by atoms with Crippen LogP contribution in [0.2, 0.25) is 0 Å². The van der Waals surface area contributed by atoms with E-state index in [-0.39, 0.29) is 0 Å². The number of nitrogens with one attached hydrogen (secondary N) is 1. The number of rotatable bonds is 3. The van der Waals surface area contributed by atoms with E-state index in [2.05, 4.69) is 26.2 Å². The van der Waals surface area contributed by atoms with E-state index in [1.807, 2.05) is 36.4 Å². The molecule has 0 bridgehead atoms. The van der Waals surface area contributed by atoms with Gasteiger partial charge in [-0.05, 0) is 36.4 Å². The minimum atomic E-state index is 0.743. The molecule has 1 aromatic heterocycles. The first-order valence-electron chi connectivity index (χ1n) is 5.92. The number of thiazole rings is 1. The number of nitrogens with two attached hydrogens (primary N) is 1. The first kappa shape index (κ1) is 13.2. The Morgan fingerprint density at radius 2 is 2.10 bits per heavy atom. The zero-order chi connectivity index (χ0) is 14.1. The van der Waals surface area contributed by atoms with E-state index in [9.17, 15) is 0 Å². The average molecular weight is 350 g/mol. The summed E-state index contributed by atoms with van der Waals surface area (Å²) in [6.45, 7) is 0. The molecule has 0 radical (unpaired) electrons. The summed E-state index contributed by atoms with van der Waals surface area (Å²) in [5, 5.41) is 4.09. The fourth-order valence-electron chi connectivity index (χ4n) is 1.89. The van der Waals surface area contributed by atoms with Gasteiger partial charge >= 0.3 is 0 Å². The topological polar surface area (TPSA) is 60.2 Å². The van der Waals surface area contributed by atoms with E-state index in [1.54, 1.807) is 18.4 Å². The van der Waals surface area contributed by atoms with Crippen LogP contribution in [0.1, 0.15) is 0 Å². The van der Waals surface area contributed by atoms with Crippen molar-refractivity contribution in [3.8, 4) is 5.75 Å². The van der Waals surface area contributed by atoms with Gasteiger partial charge in [0, 0.05) is 10.2 Å². The molecule has 3 N–H and O–H groups in total. The maximum Gasteiger partial charge on any atom is 0.188 e. The van der Waals surface area contributed by atoms with Crippen LogP contribution in [-0.2, 0) is 0 Å². The molecule has 6 heteroatoms. The Morgan fingerprint density at radius 1 is 1.25 bits per heavy atom. The zero-order valence-electron chi connectivity index (χ0n) is 10.7. The van der Waals surface area contributed by atoms with Crippen molar-refractivity contribution in [2.45, 2.75) is 0 Å². The smallest absolute Gasteiger partial charge is 0.188 e. The van der Waals surface area contributed by atoms with Gasteiger partial charge in [-0.3, -0.25) is 0 Å². The second-order valence-corrected chi connectivity index (χ2v) is 6.16. The van der Waals surface area contributed by atoms with Crippen LogP contribution in [0.4, 0.5) is 16.5 Å². The van der Waals surface area contributed by atoms with Gasteiger partial charge in [0.2, 0.25) is 0 Å². The van der Waals surface area contributed by atoms with Crippen LogP contribution in [0.25, 0.3) is 10.2 Å². The molecule has 0 fully saturated rings. The predicted molar refractivity (Wildman–Crippen MR) is 88.0 cm³/mol. The summed E-state index contributed by atoms with van der Waals surface area (Å²) < 4.78 is 7.37. The van der Waals surface area contributed by atoms with Crippen molar-refractivity contribution in [2.75, 3.05) is 18.2 Å². The largest absolute Gasteiger partial charge is 0.495 e.